The van der Waals surface area contributed by atoms with Crippen molar-refractivity contribution in [1.82, 2.24) is 0 Å². The highest BCUT2D eigenvalue weighted by atomic mass is 35.5. The molecule has 1 atom stereocenters. The zero-order valence-electron chi connectivity index (χ0n) is 10.3. The Bertz CT molecular complexity index is 628. The Morgan fingerprint density at radius 1 is 1.32 bits per heavy atom. The van der Waals surface area contributed by atoms with Crippen LogP contribution in [-0.4, -0.2) is 6.54 Å². The minimum atomic E-state index is -0.452. The summed E-state index contributed by atoms with van der Waals surface area (Å²) in [6.07, 6.45) is 1.05. The van der Waals surface area contributed by atoms with E-state index in [1.165, 1.54) is 23.3 Å². The highest BCUT2D eigenvalue weighted by molar-refractivity contribution is 6.31. The second-order valence-electron chi connectivity index (χ2n) is 4.83. The fraction of sp³-hybridized carbons (Fsp3) is 0.200. The molecule has 0 aromatic heterocycles. The Morgan fingerprint density at radius 3 is 2.89 bits per heavy atom. The number of rotatable bonds is 3. The molecule has 0 amide bonds. The highest BCUT2D eigenvalue weighted by Gasteiger charge is 2.25. The van der Waals surface area contributed by atoms with Crippen LogP contribution < -0.4 is 11.1 Å². The van der Waals surface area contributed by atoms with Crippen LogP contribution in [0.5, 0.6) is 0 Å². The van der Waals surface area contributed by atoms with E-state index in [-0.39, 0.29) is 5.02 Å². The zero-order valence-corrected chi connectivity index (χ0v) is 11.0. The van der Waals surface area contributed by atoms with Crippen molar-refractivity contribution in [2.24, 2.45) is 0 Å². The van der Waals surface area contributed by atoms with E-state index < -0.39 is 5.82 Å². The fourth-order valence-corrected chi connectivity index (χ4v) is 2.67. The van der Waals surface area contributed by atoms with Crippen molar-refractivity contribution in [1.29, 1.82) is 0 Å². The molecule has 0 heterocycles. The van der Waals surface area contributed by atoms with Gasteiger partial charge >= 0.3 is 0 Å². The Kier molecular flexibility index (Phi) is 3.07. The molecule has 0 saturated carbocycles. The van der Waals surface area contributed by atoms with Gasteiger partial charge in [-0.25, -0.2) is 4.39 Å². The third-order valence-corrected chi connectivity index (χ3v) is 3.88. The number of fused-ring (bicyclic) bond motifs is 1. The van der Waals surface area contributed by atoms with E-state index in [2.05, 4.69) is 23.5 Å². The molecule has 2 nitrogen and oxygen atoms in total. The molecular weight excluding hydrogens is 263 g/mol. The largest absolute Gasteiger partial charge is 0.397 e. The summed E-state index contributed by atoms with van der Waals surface area (Å²) in [7, 11) is 0. The van der Waals surface area contributed by atoms with Gasteiger partial charge in [-0.05, 0) is 23.6 Å². The molecule has 0 spiro atoms. The van der Waals surface area contributed by atoms with Crippen molar-refractivity contribution in [3.8, 4) is 0 Å². The molecule has 0 bridgehead atoms. The summed E-state index contributed by atoms with van der Waals surface area (Å²) in [4.78, 5) is 0. The maximum absolute atomic E-state index is 13.4. The quantitative estimate of drug-likeness (QED) is 0.837. The van der Waals surface area contributed by atoms with Gasteiger partial charge in [0.1, 0.15) is 5.82 Å². The summed E-state index contributed by atoms with van der Waals surface area (Å²) in [5.41, 5.74) is 9.65. The first-order valence-corrected chi connectivity index (χ1v) is 6.59. The van der Waals surface area contributed by atoms with E-state index in [1.54, 1.807) is 0 Å². The van der Waals surface area contributed by atoms with Crippen LogP contribution >= 0.6 is 11.6 Å². The molecule has 0 aliphatic heterocycles. The smallest absolute Gasteiger partial charge is 0.143 e. The average molecular weight is 277 g/mol. The van der Waals surface area contributed by atoms with Crippen LogP contribution in [0.4, 0.5) is 15.8 Å². The van der Waals surface area contributed by atoms with Crippen molar-refractivity contribution in [2.45, 2.75) is 12.3 Å². The van der Waals surface area contributed by atoms with E-state index >= 15 is 0 Å². The predicted molar refractivity (Wildman–Crippen MR) is 77.2 cm³/mol. The van der Waals surface area contributed by atoms with Gasteiger partial charge in [-0.1, -0.05) is 35.9 Å². The van der Waals surface area contributed by atoms with Crippen LogP contribution in [-0.2, 0) is 6.42 Å². The minimum Gasteiger partial charge on any atom is -0.397 e. The Labute approximate surface area is 116 Å². The number of nitrogens with two attached hydrogens (primary N) is 1. The third-order valence-electron chi connectivity index (χ3n) is 3.59. The van der Waals surface area contributed by atoms with E-state index in [9.17, 15) is 4.39 Å². The molecule has 19 heavy (non-hydrogen) atoms. The van der Waals surface area contributed by atoms with Gasteiger partial charge in [0.25, 0.3) is 0 Å². The number of hydrogen-bond acceptors (Lipinski definition) is 2. The molecule has 0 saturated heterocycles. The highest BCUT2D eigenvalue weighted by Crippen LogP contribution is 2.35. The van der Waals surface area contributed by atoms with Crippen LogP contribution in [0.25, 0.3) is 0 Å². The molecule has 1 aliphatic carbocycles. The topological polar surface area (TPSA) is 38.0 Å². The van der Waals surface area contributed by atoms with Crippen molar-refractivity contribution in [3.05, 3.63) is 58.4 Å². The second-order valence-corrected chi connectivity index (χ2v) is 5.24. The average Bonchev–Trinajstić information content (AvgIpc) is 2.36. The zero-order chi connectivity index (χ0) is 13.4. The van der Waals surface area contributed by atoms with Crippen LogP contribution in [0.1, 0.15) is 17.0 Å². The van der Waals surface area contributed by atoms with Gasteiger partial charge in [0.05, 0.1) is 16.4 Å². The van der Waals surface area contributed by atoms with E-state index in [0.717, 1.165) is 13.0 Å². The summed E-state index contributed by atoms with van der Waals surface area (Å²) in [6, 6.07) is 11.2. The van der Waals surface area contributed by atoms with Crippen molar-refractivity contribution < 1.29 is 4.39 Å². The fourth-order valence-electron chi connectivity index (χ4n) is 2.49. The first-order valence-electron chi connectivity index (χ1n) is 6.21. The van der Waals surface area contributed by atoms with Gasteiger partial charge in [-0.2, -0.15) is 0 Å². The summed E-state index contributed by atoms with van der Waals surface area (Å²) in [6.45, 7) is 0.752. The SMILES string of the molecule is Nc1cc(Cl)c(F)cc1NCC1Cc2ccccc21. The molecule has 0 fully saturated rings. The van der Waals surface area contributed by atoms with Crippen LogP contribution in [0, 0.1) is 5.82 Å². The molecule has 1 aliphatic rings. The molecule has 1 unspecified atom stereocenters. The van der Waals surface area contributed by atoms with Crippen LogP contribution in [0.15, 0.2) is 36.4 Å². The Hall–Kier alpha value is -1.74. The van der Waals surface area contributed by atoms with Gasteiger partial charge in [-0.3, -0.25) is 0 Å². The Balaban J connectivity index is 1.70. The number of halogens is 2. The number of benzene rings is 2. The van der Waals surface area contributed by atoms with E-state index in [1.807, 2.05) is 6.07 Å². The van der Waals surface area contributed by atoms with Crippen molar-refractivity contribution in [3.63, 3.8) is 0 Å². The monoisotopic (exact) mass is 276 g/mol. The number of nitrogen functional groups attached to an aromatic ring is 1. The summed E-state index contributed by atoms with van der Waals surface area (Å²) < 4.78 is 13.4. The molecule has 98 valence electrons. The first-order chi connectivity index (χ1) is 9.15. The lowest BCUT2D eigenvalue weighted by Crippen LogP contribution is -2.24. The molecule has 3 rings (SSSR count). The summed E-state index contributed by atoms with van der Waals surface area (Å²) in [5.74, 6) is 0.0155. The number of hydrogen-bond donors (Lipinski definition) is 2. The molecule has 2 aromatic carbocycles. The maximum atomic E-state index is 13.4. The lowest BCUT2D eigenvalue weighted by atomic mass is 9.77. The van der Waals surface area contributed by atoms with Gasteiger partial charge in [0.2, 0.25) is 0 Å². The lowest BCUT2D eigenvalue weighted by molar-refractivity contribution is 0.624. The minimum absolute atomic E-state index is 0.0528. The normalized spacial score (nSPS) is 16.6. The van der Waals surface area contributed by atoms with Gasteiger partial charge in [0.15, 0.2) is 0 Å². The molecule has 4 heteroatoms. The summed E-state index contributed by atoms with van der Waals surface area (Å²) in [5, 5.41) is 3.25. The van der Waals surface area contributed by atoms with Crippen LogP contribution in [0.2, 0.25) is 5.02 Å². The molecule has 3 N–H and O–H groups in total. The van der Waals surface area contributed by atoms with Crippen LogP contribution in [0.3, 0.4) is 0 Å². The predicted octanol–water partition coefficient (Wildman–Crippen LogP) is 3.81. The van der Waals surface area contributed by atoms with E-state index in [0.29, 0.717) is 17.3 Å². The third kappa shape index (κ3) is 2.26. The molecule has 0 radical (unpaired) electrons. The van der Waals surface area contributed by atoms with E-state index in [4.69, 9.17) is 17.3 Å². The number of anilines is 2. The maximum Gasteiger partial charge on any atom is 0.143 e. The first kappa shape index (κ1) is 12.3. The van der Waals surface area contributed by atoms with Gasteiger partial charge < -0.3 is 11.1 Å². The van der Waals surface area contributed by atoms with Crippen molar-refractivity contribution >= 4 is 23.0 Å². The summed E-state index contributed by atoms with van der Waals surface area (Å²) >= 11 is 5.67. The lowest BCUT2D eigenvalue weighted by Gasteiger charge is -2.30. The second kappa shape index (κ2) is 4.74. The Morgan fingerprint density at radius 2 is 2.11 bits per heavy atom. The standard InChI is InChI=1S/C15H14ClFN2/c16-12-6-14(18)15(7-13(12)17)19-8-10-5-9-3-1-2-4-11(9)10/h1-4,6-7,10,19H,5,8,18H2. The van der Waals surface area contributed by atoms with Gasteiger partial charge in [-0.15, -0.1) is 0 Å². The van der Waals surface area contributed by atoms with Gasteiger partial charge in [0, 0.05) is 18.5 Å². The molecule has 2 aromatic rings. The van der Waals surface area contributed by atoms with Crippen molar-refractivity contribution in [2.75, 3.05) is 17.6 Å². The number of nitrogens with one attached hydrogen (secondary N) is 1. The molecular formula is C15H14ClFN2.